The van der Waals surface area contributed by atoms with E-state index in [9.17, 15) is 0 Å². The molecule has 0 aliphatic rings. The van der Waals surface area contributed by atoms with E-state index >= 15 is 0 Å². The number of nitriles is 1. The third-order valence-electron chi connectivity index (χ3n) is 3.02. The lowest BCUT2D eigenvalue weighted by Crippen LogP contribution is -2.30. The monoisotopic (exact) mass is 242 g/mol. The van der Waals surface area contributed by atoms with Crippen molar-refractivity contribution in [3.05, 3.63) is 36.1 Å². The molecule has 0 aliphatic heterocycles. The number of fused-ring (bicyclic) bond motifs is 1. The van der Waals surface area contributed by atoms with Gasteiger partial charge in [-0.1, -0.05) is 18.2 Å². The summed E-state index contributed by atoms with van der Waals surface area (Å²) in [4.78, 5) is 0. The van der Waals surface area contributed by atoms with E-state index < -0.39 is 0 Å². The summed E-state index contributed by atoms with van der Waals surface area (Å²) < 4.78 is 5.78. The predicted molar refractivity (Wildman–Crippen MR) is 72.0 cm³/mol. The summed E-state index contributed by atoms with van der Waals surface area (Å²) in [5, 5.41) is 13.4. The van der Waals surface area contributed by atoms with Crippen LogP contribution in [0.5, 0.6) is 0 Å². The summed E-state index contributed by atoms with van der Waals surface area (Å²) in [5.74, 6) is 0.907. The summed E-state index contributed by atoms with van der Waals surface area (Å²) in [6.45, 7) is 6.53. The van der Waals surface area contributed by atoms with Crippen LogP contribution < -0.4 is 5.32 Å². The highest BCUT2D eigenvalue weighted by Crippen LogP contribution is 2.24. The zero-order valence-corrected chi connectivity index (χ0v) is 11.0. The number of rotatable bonds is 4. The first-order chi connectivity index (χ1) is 8.52. The molecule has 94 valence electrons. The van der Waals surface area contributed by atoms with Gasteiger partial charge in [0.15, 0.2) is 0 Å². The Labute approximate surface area is 107 Å². The van der Waals surface area contributed by atoms with Crippen LogP contribution in [0.25, 0.3) is 11.0 Å². The van der Waals surface area contributed by atoms with Crippen LogP contribution in [-0.4, -0.2) is 6.54 Å². The zero-order valence-electron chi connectivity index (χ0n) is 11.0. The molecule has 2 aromatic rings. The van der Waals surface area contributed by atoms with Gasteiger partial charge in [0.05, 0.1) is 17.5 Å². The Balaban J connectivity index is 2.09. The van der Waals surface area contributed by atoms with E-state index in [-0.39, 0.29) is 11.5 Å². The van der Waals surface area contributed by atoms with E-state index in [0.29, 0.717) is 6.54 Å². The molecule has 2 rings (SSSR count). The molecular formula is C15H18N2O. The zero-order chi connectivity index (χ0) is 13.2. The molecule has 0 radical (unpaired) electrons. The maximum Gasteiger partial charge on any atom is 0.134 e. The highest BCUT2D eigenvalue weighted by Gasteiger charge is 2.19. The van der Waals surface area contributed by atoms with E-state index in [1.807, 2.05) is 51.1 Å². The van der Waals surface area contributed by atoms with Crippen LogP contribution in [-0.2, 0) is 0 Å². The average Bonchev–Trinajstić information content (AvgIpc) is 2.80. The third-order valence-corrected chi connectivity index (χ3v) is 3.02. The summed E-state index contributed by atoms with van der Waals surface area (Å²) in [6, 6.07) is 12.4. The number of nitrogens with one attached hydrogen (secondary N) is 1. The fourth-order valence-electron chi connectivity index (χ4n) is 1.76. The maximum absolute atomic E-state index is 8.98. The van der Waals surface area contributed by atoms with Gasteiger partial charge in [0.2, 0.25) is 0 Å². The lowest BCUT2D eigenvalue weighted by molar-refractivity contribution is 0.383. The summed E-state index contributed by atoms with van der Waals surface area (Å²) in [7, 11) is 0. The third kappa shape index (κ3) is 2.72. The molecule has 0 spiro atoms. The van der Waals surface area contributed by atoms with E-state index in [1.54, 1.807) is 0 Å². The minimum atomic E-state index is -0.361. The highest BCUT2D eigenvalue weighted by atomic mass is 16.3. The molecule has 1 aromatic carbocycles. The van der Waals surface area contributed by atoms with Crippen LogP contribution >= 0.6 is 0 Å². The van der Waals surface area contributed by atoms with Gasteiger partial charge in [-0.15, -0.1) is 0 Å². The molecule has 3 heteroatoms. The Morgan fingerprint density at radius 3 is 2.78 bits per heavy atom. The van der Waals surface area contributed by atoms with Gasteiger partial charge >= 0.3 is 0 Å². The Morgan fingerprint density at radius 1 is 1.39 bits per heavy atom. The molecular weight excluding hydrogens is 224 g/mol. The molecule has 18 heavy (non-hydrogen) atoms. The second kappa shape index (κ2) is 4.83. The van der Waals surface area contributed by atoms with Crippen molar-refractivity contribution in [2.75, 3.05) is 6.54 Å². The van der Waals surface area contributed by atoms with Crippen molar-refractivity contribution in [3.63, 3.8) is 0 Å². The quantitative estimate of drug-likeness (QED) is 0.890. The van der Waals surface area contributed by atoms with Crippen molar-refractivity contribution in [2.45, 2.75) is 26.8 Å². The van der Waals surface area contributed by atoms with Crippen LogP contribution in [0.2, 0.25) is 0 Å². The molecule has 0 fully saturated rings. The lowest BCUT2D eigenvalue weighted by Gasteiger charge is -2.19. The molecule has 1 aromatic heterocycles. The molecule has 0 saturated heterocycles. The molecule has 1 atom stereocenters. The number of para-hydroxylation sites is 1. The van der Waals surface area contributed by atoms with Gasteiger partial charge in [-0.05, 0) is 32.9 Å². The highest BCUT2D eigenvalue weighted by molar-refractivity contribution is 5.77. The van der Waals surface area contributed by atoms with Gasteiger partial charge < -0.3 is 9.73 Å². The molecule has 3 nitrogen and oxygen atoms in total. The fraction of sp³-hybridized carbons (Fsp3) is 0.400. The Bertz CT molecular complexity index is 544. The van der Waals surface area contributed by atoms with Gasteiger partial charge in [0.25, 0.3) is 0 Å². The largest absolute Gasteiger partial charge is 0.459 e. The SMILES string of the molecule is CC(NCC(C)(C)C#N)c1cc2ccccc2o1. The van der Waals surface area contributed by atoms with Crippen LogP contribution in [0, 0.1) is 16.7 Å². The molecule has 1 unspecified atom stereocenters. The summed E-state index contributed by atoms with van der Waals surface area (Å²) in [6.07, 6.45) is 0. The maximum atomic E-state index is 8.98. The molecule has 0 amide bonds. The second-order valence-corrected chi connectivity index (χ2v) is 5.28. The molecule has 0 aliphatic carbocycles. The molecule has 0 bridgehead atoms. The first-order valence-electron chi connectivity index (χ1n) is 6.15. The summed E-state index contributed by atoms with van der Waals surface area (Å²) >= 11 is 0. The van der Waals surface area contributed by atoms with Crippen LogP contribution in [0.1, 0.15) is 32.6 Å². The predicted octanol–water partition coefficient (Wildman–Crippen LogP) is 3.63. The topological polar surface area (TPSA) is 49.0 Å². The van der Waals surface area contributed by atoms with E-state index in [1.165, 1.54) is 0 Å². The number of nitrogens with zero attached hydrogens (tertiary/aromatic N) is 1. The van der Waals surface area contributed by atoms with Crippen molar-refractivity contribution >= 4 is 11.0 Å². The van der Waals surface area contributed by atoms with E-state index in [4.69, 9.17) is 9.68 Å². The van der Waals surface area contributed by atoms with Crippen molar-refractivity contribution in [1.82, 2.24) is 5.32 Å². The minimum Gasteiger partial charge on any atom is -0.459 e. The van der Waals surface area contributed by atoms with Gasteiger partial charge in [-0.3, -0.25) is 0 Å². The van der Waals surface area contributed by atoms with Crippen LogP contribution in [0.15, 0.2) is 34.7 Å². The molecule has 0 saturated carbocycles. The van der Waals surface area contributed by atoms with Crippen molar-refractivity contribution < 1.29 is 4.42 Å². The normalized spacial score (nSPS) is 13.4. The first kappa shape index (κ1) is 12.7. The number of benzene rings is 1. The van der Waals surface area contributed by atoms with Gasteiger partial charge in [-0.2, -0.15) is 5.26 Å². The van der Waals surface area contributed by atoms with Crippen LogP contribution in [0.3, 0.4) is 0 Å². The Hall–Kier alpha value is -1.79. The standard InChI is InChI=1S/C15H18N2O/c1-11(17-10-15(2,3)9-16)14-8-12-6-4-5-7-13(12)18-14/h4-8,11,17H,10H2,1-3H3. The van der Waals surface area contributed by atoms with Gasteiger partial charge in [0.1, 0.15) is 11.3 Å². The first-order valence-corrected chi connectivity index (χ1v) is 6.15. The number of furan rings is 1. The lowest BCUT2D eigenvalue weighted by atomic mass is 9.95. The minimum absolute atomic E-state index is 0.102. The summed E-state index contributed by atoms with van der Waals surface area (Å²) in [5.41, 5.74) is 0.543. The van der Waals surface area contributed by atoms with E-state index in [2.05, 4.69) is 11.4 Å². The van der Waals surface area contributed by atoms with E-state index in [0.717, 1.165) is 16.7 Å². The van der Waals surface area contributed by atoms with Gasteiger partial charge in [0, 0.05) is 11.9 Å². The second-order valence-electron chi connectivity index (χ2n) is 5.28. The Morgan fingerprint density at radius 2 is 2.11 bits per heavy atom. The Kier molecular flexibility index (Phi) is 3.40. The molecule has 1 heterocycles. The average molecular weight is 242 g/mol. The van der Waals surface area contributed by atoms with Crippen molar-refractivity contribution in [2.24, 2.45) is 5.41 Å². The van der Waals surface area contributed by atoms with Crippen LogP contribution in [0.4, 0.5) is 0 Å². The number of hydrogen-bond donors (Lipinski definition) is 1. The van der Waals surface area contributed by atoms with Crippen molar-refractivity contribution in [3.8, 4) is 6.07 Å². The van der Waals surface area contributed by atoms with Gasteiger partial charge in [-0.25, -0.2) is 0 Å². The smallest absolute Gasteiger partial charge is 0.134 e. The van der Waals surface area contributed by atoms with Crippen molar-refractivity contribution in [1.29, 1.82) is 5.26 Å². The fourth-order valence-corrected chi connectivity index (χ4v) is 1.76. The number of hydrogen-bond acceptors (Lipinski definition) is 3. The molecule has 1 N–H and O–H groups in total.